The normalized spacial score (nSPS) is 14.9. The van der Waals surface area contributed by atoms with E-state index in [1.54, 1.807) is 11.9 Å². The van der Waals surface area contributed by atoms with Crippen molar-refractivity contribution in [3.8, 4) is 0 Å². The molecule has 0 spiro atoms. The maximum atomic E-state index is 14.5. The number of aliphatic hydroxyl groups excluding tert-OH is 2. The number of aliphatic hydroxyl groups is 2. The quantitative estimate of drug-likeness (QED) is 0.323. The highest BCUT2D eigenvalue weighted by atomic mass is 32.1. The lowest BCUT2D eigenvalue weighted by molar-refractivity contribution is -0.134. The summed E-state index contributed by atoms with van der Waals surface area (Å²) in [6.07, 6.45) is 0.191. The molecule has 12 heteroatoms. The van der Waals surface area contributed by atoms with Crippen molar-refractivity contribution in [3.05, 3.63) is 35.7 Å². The van der Waals surface area contributed by atoms with Gasteiger partial charge in [0.15, 0.2) is 11.6 Å². The first kappa shape index (κ1) is 27.5. The van der Waals surface area contributed by atoms with Gasteiger partial charge < -0.3 is 41.1 Å². The van der Waals surface area contributed by atoms with E-state index in [9.17, 15) is 18.7 Å². The van der Waals surface area contributed by atoms with Crippen LogP contribution >= 0.6 is 12.2 Å². The Morgan fingerprint density at radius 3 is 2.34 bits per heavy atom. The number of rotatable bonds is 9. The van der Waals surface area contributed by atoms with Crippen LogP contribution in [0.2, 0.25) is 0 Å². The van der Waals surface area contributed by atoms with E-state index in [0.717, 1.165) is 0 Å². The third kappa shape index (κ3) is 8.91. The minimum absolute atomic E-state index is 0.139. The average molecular weight is 476 g/mol. The first-order valence-electron chi connectivity index (χ1n) is 9.90. The summed E-state index contributed by atoms with van der Waals surface area (Å²) in [7, 11) is 3.25. The van der Waals surface area contributed by atoms with Crippen LogP contribution in [0.5, 0.6) is 0 Å². The van der Waals surface area contributed by atoms with Gasteiger partial charge >= 0.3 is 0 Å². The summed E-state index contributed by atoms with van der Waals surface area (Å²) < 4.78 is 33.3. The molecule has 6 N–H and O–H groups in total. The van der Waals surface area contributed by atoms with Crippen molar-refractivity contribution in [2.45, 2.75) is 12.5 Å². The Labute approximate surface area is 191 Å². The van der Waals surface area contributed by atoms with Gasteiger partial charge in [0.25, 0.3) is 0 Å². The number of nitrogens with two attached hydrogens (primary N) is 1. The van der Waals surface area contributed by atoms with Crippen LogP contribution in [0.3, 0.4) is 0 Å². The highest BCUT2D eigenvalue weighted by Crippen LogP contribution is 2.28. The molecule has 1 fully saturated rings. The van der Waals surface area contributed by atoms with Gasteiger partial charge in [0.1, 0.15) is 11.2 Å². The van der Waals surface area contributed by atoms with E-state index in [2.05, 4.69) is 27.6 Å². The first-order valence-corrected chi connectivity index (χ1v) is 10.4. The first-order chi connectivity index (χ1) is 15.3. The molecule has 1 aromatic rings. The molecule has 1 amide bonds. The topological polar surface area (TPSA) is 123 Å². The molecule has 0 aromatic heterocycles. The van der Waals surface area contributed by atoms with Crippen LogP contribution in [-0.2, 0) is 9.53 Å². The van der Waals surface area contributed by atoms with E-state index in [1.165, 1.54) is 35.9 Å². The third-order valence-corrected chi connectivity index (χ3v) is 4.68. The second kappa shape index (κ2) is 14.5. The van der Waals surface area contributed by atoms with Crippen molar-refractivity contribution in [3.63, 3.8) is 0 Å². The molecule has 1 aliphatic rings. The van der Waals surface area contributed by atoms with Gasteiger partial charge in [-0.15, -0.1) is 0 Å². The molecule has 0 saturated carbocycles. The van der Waals surface area contributed by atoms with Crippen LogP contribution in [0.1, 0.15) is 6.42 Å². The molecular formula is C20H31F2N5O4S. The number of nitrogens with zero attached hydrogens (tertiary/aromatic N) is 2. The second-order valence-corrected chi connectivity index (χ2v) is 7.12. The minimum Gasteiger partial charge on any atom is -0.493 e. The van der Waals surface area contributed by atoms with E-state index in [1.807, 2.05) is 0 Å². The number of thiocarbonyl (C=S) groups is 1. The van der Waals surface area contributed by atoms with Gasteiger partial charge in [-0.2, -0.15) is 0 Å². The standard InChI is InChI=1S/C18H27F2N5O3.C2H4OS/c1-22-9-12(21)10-23-13-6-15(19)18(16(20)7-13)25-4-2-24(3-5-25)17(28)8-14(27)11-26;1-3-2-4/h6-7,10,14,22-23,26-27H,2-5,8-9,11,21H2,1H3;2H,1H3/b12-10-;. The van der Waals surface area contributed by atoms with Gasteiger partial charge in [-0.25, -0.2) is 8.78 Å². The third-order valence-electron chi connectivity index (χ3n) is 4.49. The van der Waals surface area contributed by atoms with E-state index in [-0.39, 0.29) is 49.9 Å². The Hall–Kier alpha value is -2.54. The summed E-state index contributed by atoms with van der Waals surface area (Å²) in [6, 6.07) is 2.38. The fourth-order valence-corrected chi connectivity index (χ4v) is 2.96. The average Bonchev–Trinajstić information content (AvgIpc) is 2.78. The Balaban J connectivity index is 0.00000118. The van der Waals surface area contributed by atoms with Gasteiger partial charge in [0.2, 0.25) is 5.91 Å². The van der Waals surface area contributed by atoms with Crippen LogP contribution in [0, 0.1) is 11.6 Å². The molecule has 1 aliphatic heterocycles. The minimum atomic E-state index is -1.10. The van der Waals surface area contributed by atoms with Gasteiger partial charge in [-0.3, -0.25) is 4.79 Å². The summed E-state index contributed by atoms with van der Waals surface area (Å²) in [4.78, 5) is 15.1. The number of likely N-dealkylation sites (N-methyl/N-ethyl adjacent to an activating group) is 1. The predicted octanol–water partition coefficient (Wildman–Crippen LogP) is 0.378. The monoisotopic (exact) mass is 475 g/mol. The van der Waals surface area contributed by atoms with Crippen molar-refractivity contribution >= 4 is 35.1 Å². The molecule has 180 valence electrons. The van der Waals surface area contributed by atoms with Crippen LogP contribution in [0.4, 0.5) is 20.2 Å². The molecule has 0 radical (unpaired) electrons. The Kier molecular flexibility index (Phi) is 12.5. The molecule has 1 saturated heterocycles. The molecule has 1 unspecified atom stereocenters. The van der Waals surface area contributed by atoms with E-state index in [4.69, 9.17) is 10.8 Å². The number of piperazine rings is 1. The van der Waals surface area contributed by atoms with Crippen molar-refractivity contribution in [2.75, 3.05) is 63.7 Å². The smallest absolute Gasteiger partial charge is 0.225 e. The van der Waals surface area contributed by atoms with Crippen molar-refractivity contribution in [1.82, 2.24) is 10.2 Å². The largest absolute Gasteiger partial charge is 0.493 e. The number of halogens is 2. The molecule has 9 nitrogen and oxygen atoms in total. The molecule has 32 heavy (non-hydrogen) atoms. The van der Waals surface area contributed by atoms with Gasteiger partial charge in [0, 0.05) is 50.3 Å². The predicted molar refractivity (Wildman–Crippen MR) is 123 cm³/mol. The summed E-state index contributed by atoms with van der Waals surface area (Å²) in [5, 5.41) is 23.8. The SMILES string of the molecule is CNC/C(N)=C/Nc1cc(F)c(N2CCN(C(=O)CC(O)CO)CC2)c(F)c1.COC=S. The second-order valence-electron chi connectivity index (χ2n) is 6.92. The highest BCUT2D eigenvalue weighted by Gasteiger charge is 2.26. The molecule has 2 rings (SSSR count). The zero-order chi connectivity index (χ0) is 24.1. The van der Waals surface area contributed by atoms with Crippen LogP contribution in [-0.4, -0.2) is 86.2 Å². The molecular weight excluding hydrogens is 444 g/mol. The summed E-state index contributed by atoms with van der Waals surface area (Å²) >= 11 is 4.21. The number of methoxy groups -OCH3 is 1. The number of ether oxygens (including phenoxy) is 1. The summed E-state index contributed by atoms with van der Waals surface area (Å²) in [5.74, 6) is -1.72. The molecule has 1 aromatic carbocycles. The van der Waals surface area contributed by atoms with Crippen LogP contribution in [0.15, 0.2) is 24.0 Å². The van der Waals surface area contributed by atoms with E-state index >= 15 is 0 Å². The number of amides is 1. The fraction of sp³-hybridized carbons (Fsp3) is 0.500. The molecule has 1 atom stereocenters. The number of hydrogen-bond donors (Lipinski definition) is 5. The Morgan fingerprint density at radius 2 is 1.88 bits per heavy atom. The summed E-state index contributed by atoms with van der Waals surface area (Å²) in [5.41, 5.74) is 7.51. The number of benzene rings is 1. The molecule has 0 bridgehead atoms. The summed E-state index contributed by atoms with van der Waals surface area (Å²) in [6.45, 7) is 1.03. The van der Waals surface area contributed by atoms with Crippen molar-refractivity contribution in [2.24, 2.45) is 5.73 Å². The number of nitrogens with one attached hydrogen (secondary N) is 2. The lowest BCUT2D eigenvalue weighted by atomic mass is 10.2. The molecule has 1 heterocycles. The number of hydrogen-bond acceptors (Lipinski definition) is 9. The van der Waals surface area contributed by atoms with Gasteiger partial charge in [0.05, 0.1) is 26.2 Å². The maximum absolute atomic E-state index is 14.5. The van der Waals surface area contributed by atoms with Gasteiger partial charge in [-0.1, -0.05) is 0 Å². The zero-order valence-electron chi connectivity index (χ0n) is 18.2. The molecule has 0 aliphatic carbocycles. The fourth-order valence-electron chi connectivity index (χ4n) is 2.96. The number of anilines is 2. The maximum Gasteiger partial charge on any atom is 0.225 e. The van der Waals surface area contributed by atoms with E-state index < -0.39 is 24.3 Å². The zero-order valence-corrected chi connectivity index (χ0v) is 19.0. The van der Waals surface area contributed by atoms with Crippen molar-refractivity contribution < 1.29 is 28.5 Å². The van der Waals surface area contributed by atoms with Gasteiger partial charge in [-0.05, 0) is 31.4 Å². The highest BCUT2D eigenvalue weighted by molar-refractivity contribution is 7.78. The number of carbonyl (C=O) groups is 1. The lowest BCUT2D eigenvalue weighted by Crippen LogP contribution is -2.50. The Bertz CT molecular complexity index is 753. The van der Waals surface area contributed by atoms with Crippen LogP contribution < -0.4 is 21.3 Å². The number of carbonyl (C=O) groups excluding carboxylic acids is 1. The lowest BCUT2D eigenvalue weighted by Gasteiger charge is -2.36. The Morgan fingerprint density at radius 1 is 1.31 bits per heavy atom. The van der Waals surface area contributed by atoms with E-state index in [0.29, 0.717) is 12.2 Å². The van der Waals surface area contributed by atoms with Crippen molar-refractivity contribution in [1.29, 1.82) is 0 Å². The van der Waals surface area contributed by atoms with Crippen LogP contribution in [0.25, 0.3) is 0 Å².